The van der Waals surface area contributed by atoms with E-state index in [4.69, 9.17) is 0 Å². The first-order valence-electron chi connectivity index (χ1n) is 8.35. The molecule has 3 unspecified atom stereocenters. The Morgan fingerprint density at radius 1 is 1.05 bits per heavy atom. The van der Waals surface area contributed by atoms with E-state index in [-0.39, 0.29) is 0 Å². The summed E-state index contributed by atoms with van der Waals surface area (Å²) < 4.78 is 0. The second kappa shape index (κ2) is 4.34. The molecule has 5 rings (SSSR count). The summed E-state index contributed by atoms with van der Waals surface area (Å²) in [5.41, 5.74) is 2.66. The average Bonchev–Trinajstić information content (AvgIpc) is 2.37. The van der Waals surface area contributed by atoms with Gasteiger partial charge in [-0.25, -0.2) is 0 Å². The van der Waals surface area contributed by atoms with E-state index in [9.17, 15) is 0 Å². The van der Waals surface area contributed by atoms with Gasteiger partial charge in [-0.15, -0.1) is 0 Å². The van der Waals surface area contributed by atoms with Crippen molar-refractivity contribution in [3.63, 3.8) is 0 Å². The molecular weight excluding hydrogens is 242 g/mol. The van der Waals surface area contributed by atoms with Crippen molar-refractivity contribution < 1.29 is 0 Å². The highest BCUT2D eigenvalue weighted by molar-refractivity contribution is 5.24. The summed E-state index contributed by atoms with van der Waals surface area (Å²) in [7, 11) is 2.17. The van der Waals surface area contributed by atoms with Gasteiger partial charge in [0.05, 0.1) is 0 Å². The highest BCUT2D eigenvalue weighted by Crippen LogP contribution is 2.68. The zero-order chi connectivity index (χ0) is 13.8. The first-order valence-corrected chi connectivity index (χ1v) is 8.35. The summed E-state index contributed by atoms with van der Waals surface area (Å²) in [6.07, 6.45) is 8.86. The molecule has 4 fully saturated rings. The lowest BCUT2D eigenvalue weighted by Gasteiger charge is -2.63. The van der Waals surface area contributed by atoms with Gasteiger partial charge in [0, 0.05) is 6.04 Å². The summed E-state index contributed by atoms with van der Waals surface area (Å²) in [5, 5.41) is 3.69. The number of hydrogen-bond acceptors (Lipinski definition) is 1. The third-order valence-electron chi connectivity index (χ3n) is 6.43. The summed E-state index contributed by atoms with van der Waals surface area (Å²) in [5.74, 6) is 2.00. The minimum absolute atomic E-state index is 0.523. The third kappa shape index (κ3) is 1.86. The number of nitrogens with one attached hydrogen (secondary N) is 1. The van der Waals surface area contributed by atoms with Crippen LogP contribution in [0.15, 0.2) is 30.3 Å². The molecule has 1 N–H and O–H groups in total. The molecule has 0 radical (unpaired) electrons. The Morgan fingerprint density at radius 3 is 2.25 bits per heavy atom. The van der Waals surface area contributed by atoms with Gasteiger partial charge in [-0.05, 0) is 73.8 Å². The molecule has 1 nitrogen and oxygen atoms in total. The number of benzene rings is 1. The van der Waals surface area contributed by atoms with E-state index in [1.165, 1.54) is 44.1 Å². The quantitative estimate of drug-likeness (QED) is 0.848. The summed E-state index contributed by atoms with van der Waals surface area (Å²) in [6, 6.07) is 11.7. The lowest BCUT2D eigenvalue weighted by atomic mass is 9.43. The predicted octanol–water partition coefficient (Wildman–Crippen LogP) is 4.55. The Bertz CT molecular complexity index is 478. The van der Waals surface area contributed by atoms with E-state index >= 15 is 0 Å². The van der Waals surface area contributed by atoms with Crippen LogP contribution in [-0.4, -0.2) is 7.05 Å². The van der Waals surface area contributed by atoms with Crippen molar-refractivity contribution >= 4 is 0 Å². The molecule has 108 valence electrons. The van der Waals surface area contributed by atoms with Crippen LogP contribution in [0.25, 0.3) is 0 Å². The van der Waals surface area contributed by atoms with Crippen molar-refractivity contribution in [3.8, 4) is 0 Å². The lowest BCUT2D eigenvalue weighted by Crippen LogP contribution is -2.55. The Labute approximate surface area is 123 Å². The van der Waals surface area contributed by atoms with Crippen LogP contribution in [0.3, 0.4) is 0 Å². The topological polar surface area (TPSA) is 12.0 Å². The SMILES string of the molecule is CNC(c1ccccc1)C12CC3CC(CC(C)(C3)C1)C2. The molecule has 3 atom stereocenters. The van der Waals surface area contributed by atoms with Gasteiger partial charge in [0.2, 0.25) is 0 Å². The molecule has 20 heavy (non-hydrogen) atoms. The second-order valence-electron chi connectivity index (χ2n) is 8.27. The van der Waals surface area contributed by atoms with E-state index in [1.54, 1.807) is 0 Å². The molecule has 4 bridgehead atoms. The summed E-state index contributed by atoms with van der Waals surface area (Å²) in [6.45, 7) is 2.57. The molecule has 4 saturated carbocycles. The average molecular weight is 269 g/mol. The van der Waals surface area contributed by atoms with Gasteiger partial charge in [-0.2, -0.15) is 0 Å². The fraction of sp³-hybridized carbons (Fsp3) is 0.684. The van der Waals surface area contributed by atoms with Crippen molar-refractivity contribution in [1.29, 1.82) is 0 Å². The van der Waals surface area contributed by atoms with Gasteiger partial charge in [0.15, 0.2) is 0 Å². The Morgan fingerprint density at radius 2 is 1.70 bits per heavy atom. The third-order valence-corrected chi connectivity index (χ3v) is 6.43. The molecule has 0 amide bonds. The first-order chi connectivity index (χ1) is 9.62. The molecule has 4 aliphatic rings. The molecular formula is C19H27N. The molecule has 0 heterocycles. The predicted molar refractivity (Wildman–Crippen MR) is 83.5 cm³/mol. The van der Waals surface area contributed by atoms with Gasteiger partial charge in [0.1, 0.15) is 0 Å². The van der Waals surface area contributed by atoms with Crippen molar-refractivity contribution in [2.75, 3.05) is 7.05 Å². The highest BCUT2D eigenvalue weighted by Gasteiger charge is 2.58. The van der Waals surface area contributed by atoms with Crippen LogP contribution in [0.4, 0.5) is 0 Å². The lowest BCUT2D eigenvalue weighted by molar-refractivity contribution is -0.118. The molecule has 1 aromatic rings. The molecule has 1 heteroatoms. The normalized spacial score (nSPS) is 43.7. The smallest absolute Gasteiger partial charge is 0.0375 e. The van der Waals surface area contributed by atoms with E-state index in [0.717, 1.165) is 11.8 Å². The van der Waals surface area contributed by atoms with Gasteiger partial charge < -0.3 is 5.32 Å². The van der Waals surface area contributed by atoms with Crippen molar-refractivity contribution in [3.05, 3.63) is 35.9 Å². The van der Waals surface area contributed by atoms with Crippen molar-refractivity contribution in [2.45, 2.75) is 51.5 Å². The zero-order valence-corrected chi connectivity index (χ0v) is 12.9. The Kier molecular flexibility index (Phi) is 2.79. The van der Waals surface area contributed by atoms with Crippen LogP contribution in [0.1, 0.15) is 57.1 Å². The first kappa shape index (κ1) is 12.9. The standard InChI is InChI=1S/C19H27N/c1-18-9-14-8-15(10-18)12-19(11-14,13-18)17(20-2)16-6-4-3-5-7-16/h3-7,14-15,17,20H,8-13H2,1-2H3. The second-order valence-corrected chi connectivity index (χ2v) is 8.27. The van der Waals surface area contributed by atoms with Gasteiger partial charge in [0.25, 0.3) is 0 Å². The molecule has 0 saturated heterocycles. The molecule has 0 spiro atoms. The maximum Gasteiger partial charge on any atom is 0.0375 e. The van der Waals surface area contributed by atoms with Gasteiger partial charge in [-0.1, -0.05) is 37.3 Å². The van der Waals surface area contributed by atoms with Gasteiger partial charge >= 0.3 is 0 Å². The maximum absolute atomic E-state index is 3.69. The summed E-state index contributed by atoms with van der Waals surface area (Å²) >= 11 is 0. The van der Waals surface area contributed by atoms with E-state index in [1.807, 2.05) is 0 Å². The molecule has 0 aliphatic heterocycles. The van der Waals surface area contributed by atoms with Crippen LogP contribution < -0.4 is 5.32 Å². The van der Waals surface area contributed by atoms with Crippen molar-refractivity contribution in [2.24, 2.45) is 22.7 Å². The summed E-state index contributed by atoms with van der Waals surface area (Å²) in [4.78, 5) is 0. The fourth-order valence-electron chi connectivity index (χ4n) is 6.61. The zero-order valence-electron chi connectivity index (χ0n) is 12.9. The van der Waals surface area contributed by atoms with E-state index in [2.05, 4.69) is 49.6 Å². The van der Waals surface area contributed by atoms with Crippen molar-refractivity contribution in [1.82, 2.24) is 5.32 Å². The molecule has 4 aliphatic carbocycles. The van der Waals surface area contributed by atoms with E-state index in [0.29, 0.717) is 16.9 Å². The van der Waals surface area contributed by atoms with Crippen LogP contribution in [0.2, 0.25) is 0 Å². The van der Waals surface area contributed by atoms with Crippen LogP contribution in [0.5, 0.6) is 0 Å². The highest BCUT2D eigenvalue weighted by atomic mass is 14.9. The monoisotopic (exact) mass is 269 g/mol. The number of hydrogen-bond donors (Lipinski definition) is 1. The Hall–Kier alpha value is -0.820. The van der Waals surface area contributed by atoms with Gasteiger partial charge in [-0.3, -0.25) is 0 Å². The largest absolute Gasteiger partial charge is 0.313 e. The minimum Gasteiger partial charge on any atom is -0.313 e. The van der Waals surface area contributed by atoms with Crippen LogP contribution >= 0.6 is 0 Å². The minimum atomic E-state index is 0.523. The molecule has 0 aromatic heterocycles. The molecule has 1 aromatic carbocycles. The maximum atomic E-state index is 3.69. The van der Waals surface area contributed by atoms with E-state index < -0.39 is 0 Å². The number of rotatable bonds is 3. The fourth-order valence-corrected chi connectivity index (χ4v) is 6.61. The van der Waals surface area contributed by atoms with Crippen LogP contribution in [-0.2, 0) is 0 Å². The Balaban J connectivity index is 1.73. The van der Waals surface area contributed by atoms with Crippen LogP contribution in [0, 0.1) is 22.7 Å².